The van der Waals surface area contributed by atoms with Crippen molar-refractivity contribution in [1.82, 2.24) is 0 Å². The molecule has 0 atom stereocenters. The molecule has 3 nitrogen and oxygen atoms in total. The Hall–Kier alpha value is -1.42. The number of aromatic hydroxyl groups is 2. The van der Waals surface area contributed by atoms with Crippen molar-refractivity contribution in [3.63, 3.8) is 0 Å². The molecular formula is C8H7NO2S. The van der Waals surface area contributed by atoms with Crippen LogP contribution in [0.2, 0.25) is 0 Å². The maximum Gasteiger partial charge on any atom is 0.137 e. The van der Waals surface area contributed by atoms with E-state index in [1.165, 1.54) is 17.4 Å². The first-order valence-corrected chi connectivity index (χ1v) is 4.25. The summed E-state index contributed by atoms with van der Waals surface area (Å²) in [5.41, 5.74) is 6.19. The van der Waals surface area contributed by atoms with Gasteiger partial charge in [0.05, 0.1) is 10.4 Å². The highest BCUT2D eigenvalue weighted by molar-refractivity contribution is 7.18. The quantitative estimate of drug-likeness (QED) is 0.581. The Bertz CT molecular complexity index is 436. The van der Waals surface area contributed by atoms with Gasteiger partial charge in [-0.2, -0.15) is 0 Å². The summed E-state index contributed by atoms with van der Waals surface area (Å²) >= 11 is 1.36. The van der Waals surface area contributed by atoms with E-state index in [0.29, 0.717) is 15.8 Å². The van der Waals surface area contributed by atoms with Gasteiger partial charge in [0.15, 0.2) is 0 Å². The molecule has 1 heterocycles. The molecule has 2 aromatic rings. The molecule has 1 aromatic carbocycles. The van der Waals surface area contributed by atoms with E-state index in [0.717, 1.165) is 0 Å². The first-order chi connectivity index (χ1) is 5.68. The number of phenols is 2. The van der Waals surface area contributed by atoms with Crippen LogP contribution >= 0.6 is 11.3 Å². The zero-order chi connectivity index (χ0) is 8.72. The highest BCUT2D eigenvalue weighted by Gasteiger charge is 2.06. The lowest BCUT2D eigenvalue weighted by Gasteiger charge is -1.96. The number of phenolic OH excluding ortho intramolecular Hbond substituents is 2. The Labute approximate surface area is 72.7 Å². The van der Waals surface area contributed by atoms with E-state index in [-0.39, 0.29) is 11.5 Å². The Balaban J connectivity index is 2.92. The van der Waals surface area contributed by atoms with Gasteiger partial charge in [-0.3, -0.25) is 0 Å². The van der Waals surface area contributed by atoms with Gasteiger partial charge in [0.1, 0.15) is 11.5 Å². The van der Waals surface area contributed by atoms with Gasteiger partial charge in [-0.1, -0.05) is 0 Å². The monoisotopic (exact) mass is 181 g/mol. The maximum absolute atomic E-state index is 9.36. The molecular weight excluding hydrogens is 174 g/mol. The molecule has 1 aromatic heterocycles. The smallest absolute Gasteiger partial charge is 0.137 e. The third-order valence-corrected chi connectivity index (χ3v) is 2.71. The number of anilines is 1. The number of benzene rings is 1. The Kier molecular flexibility index (Phi) is 1.38. The third-order valence-electron chi connectivity index (χ3n) is 1.67. The molecule has 4 heteroatoms. The Morgan fingerprint density at radius 3 is 2.75 bits per heavy atom. The summed E-state index contributed by atoms with van der Waals surface area (Å²) in [7, 11) is 0. The van der Waals surface area contributed by atoms with E-state index < -0.39 is 0 Å². The van der Waals surface area contributed by atoms with Crippen LogP contribution in [-0.4, -0.2) is 10.2 Å². The zero-order valence-electron chi connectivity index (χ0n) is 6.11. The highest BCUT2D eigenvalue weighted by Crippen LogP contribution is 2.37. The topological polar surface area (TPSA) is 66.5 Å². The molecule has 0 aliphatic rings. The summed E-state index contributed by atoms with van der Waals surface area (Å²) in [6.07, 6.45) is 0. The van der Waals surface area contributed by atoms with Crippen LogP contribution in [0.1, 0.15) is 0 Å². The average molecular weight is 181 g/mol. The van der Waals surface area contributed by atoms with Gasteiger partial charge in [0.2, 0.25) is 0 Å². The Morgan fingerprint density at radius 2 is 2.00 bits per heavy atom. The molecule has 0 bridgehead atoms. The fourth-order valence-electron chi connectivity index (χ4n) is 1.12. The summed E-state index contributed by atoms with van der Waals surface area (Å²) in [6.45, 7) is 0. The van der Waals surface area contributed by atoms with Crippen LogP contribution in [0.3, 0.4) is 0 Å². The number of thiophene rings is 1. The molecule has 62 valence electrons. The van der Waals surface area contributed by atoms with E-state index >= 15 is 0 Å². The summed E-state index contributed by atoms with van der Waals surface area (Å²) < 4.78 is 0.713. The van der Waals surface area contributed by atoms with E-state index in [2.05, 4.69) is 0 Å². The summed E-state index contributed by atoms with van der Waals surface area (Å²) in [4.78, 5) is 0. The predicted molar refractivity (Wildman–Crippen MR) is 49.6 cm³/mol. The lowest BCUT2D eigenvalue weighted by molar-refractivity contribution is 0.455. The predicted octanol–water partition coefficient (Wildman–Crippen LogP) is 1.89. The van der Waals surface area contributed by atoms with Crippen molar-refractivity contribution in [2.75, 3.05) is 5.73 Å². The SMILES string of the molecule is Nc1csc2c(O)cc(O)cc12. The average Bonchev–Trinajstić information content (AvgIpc) is 2.33. The zero-order valence-corrected chi connectivity index (χ0v) is 6.93. The fourth-order valence-corrected chi connectivity index (χ4v) is 1.98. The normalized spacial score (nSPS) is 10.7. The van der Waals surface area contributed by atoms with Crippen LogP contribution in [0.4, 0.5) is 5.69 Å². The van der Waals surface area contributed by atoms with Crippen molar-refractivity contribution in [2.24, 2.45) is 0 Å². The van der Waals surface area contributed by atoms with Gasteiger partial charge in [-0.15, -0.1) is 11.3 Å². The molecule has 0 saturated heterocycles. The standard InChI is InChI=1S/C8H7NO2S/c9-6-3-12-8-5(6)1-4(10)2-7(8)11/h1-3,10-11H,9H2. The number of fused-ring (bicyclic) bond motifs is 1. The minimum atomic E-state index is 0.0325. The van der Waals surface area contributed by atoms with Crippen LogP contribution in [-0.2, 0) is 0 Å². The molecule has 0 unspecified atom stereocenters. The first kappa shape index (κ1) is 7.24. The molecule has 0 radical (unpaired) electrons. The second kappa shape index (κ2) is 2.28. The molecule has 4 N–H and O–H groups in total. The van der Waals surface area contributed by atoms with Gasteiger partial charge in [0.25, 0.3) is 0 Å². The second-order valence-corrected chi connectivity index (χ2v) is 3.41. The lowest BCUT2D eigenvalue weighted by Crippen LogP contribution is -1.79. The minimum Gasteiger partial charge on any atom is -0.508 e. The summed E-state index contributed by atoms with van der Waals surface area (Å²) in [6, 6.07) is 2.85. The maximum atomic E-state index is 9.36. The van der Waals surface area contributed by atoms with Crippen LogP contribution in [0, 0.1) is 0 Å². The van der Waals surface area contributed by atoms with Gasteiger partial charge < -0.3 is 15.9 Å². The van der Waals surface area contributed by atoms with E-state index in [1.54, 1.807) is 11.4 Å². The fraction of sp³-hybridized carbons (Fsp3) is 0. The lowest BCUT2D eigenvalue weighted by atomic mass is 10.2. The molecule has 12 heavy (non-hydrogen) atoms. The van der Waals surface area contributed by atoms with E-state index in [4.69, 9.17) is 10.8 Å². The Morgan fingerprint density at radius 1 is 1.25 bits per heavy atom. The van der Waals surface area contributed by atoms with Crippen molar-refractivity contribution in [2.45, 2.75) is 0 Å². The van der Waals surface area contributed by atoms with Crippen molar-refractivity contribution < 1.29 is 10.2 Å². The summed E-state index contributed by atoms with van der Waals surface area (Å²) in [5.74, 6) is 0.108. The number of hydrogen-bond donors (Lipinski definition) is 3. The van der Waals surface area contributed by atoms with Gasteiger partial charge in [-0.05, 0) is 6.07 Å². The van der Waals surface area contributed by atoms with Crippen molar-refractivity contribution in [3.05, 3.63) is 17.5 Å². The highest BCUT2D eigenvalue weighted by atomic mass is 32.1. The molecule has 0 spiro atoms. The molecule has 0 fully saturated rings. The van der Waals surface area contributed by atoms with Gasteiger partial charge in [-0.25, -0.2) is 0 Å². The second-order valence-electron chi connectivity index (χ2n) is 2.53. The minimum absolute atomic E-state index is 0.0325. The van der Waals surface area contributed by atoms with Crippen LogP contribution in [0.5, 0.6) is 11.5 Å². The van der Waals surface area contributed by atoms with Crippen LogP contribution in [0.25, 0.3) is 10.1 Å². The van der Waals surface area contributed by atoms with Gasteiger partial charge >= 0.3 is 0 Å². The van der Waals surface area contributed by atoms with Crippen molar-refractivity contribution in [1.29, 1.82) is 0 Å². The molecule has 0 saturated carbocycles. The van der Waals surface area contributed by atoms with Crippen LogP contribution in [0.15, 0.2) is 17.5 Å². The first-order valence-electron chi connectivity index (χ1n) is 3.37. The summed E-state index contributed by atoms with van der Waals surface area (Å²) in [5, 5.41) is 20.9. The number of nitrogens with two attached hydrogens (primary N) is 1. The van der Waals surface area contributed by atoms with Crippen LogP contribution < -0.4 is 5.73 Å². The van der Waals surface area contributed by atoms with Gasteiger partial charge in [0, 0.05) is 16.8 Å². The number of rotatable bonds is 0. The molecule has 2 rings (SSSR count). The third kappa shape index (κ3) is 0.887. The van der Waals surface area contributed by atoms with Crippen molar-refractivity contribution >= 4 is 27.1 Å². The van der Waals surface area contributed by atoms with Crippen molar-refractivity contribution in [3.8, 4) is 11.5 Å². The molecule has 0 amide bonds. The van der Waals surface area contributed by atoms with E-state index in [9.17, 15) is 5.11 Å². The molecule has 0 aliphatic heterocycles. The van der Waals surface area contributed by atoms with E-state index in [1.807, 2.05) is 0 Å². The number of hydrogen-bond acceptors (Lipinski definition) is 4. The number of nitrogen functional groups attached to an aromatic ring is 1. The largest absolute Gasteiger partial charge is 0.508 e. The molecule has 0 aliphatic carbocycles.